The van der Waals surface area contributed by atoms with Crippen LogP contribution >= 0.6 is 0 Å². The summed E-state index contributed by atoms with van der Waals surface area (Å²) in [6, 6.07) is 7.04. The van der Waals surface area contributed by atoms with E-state index in [1.165, 1.54) is 7.11 Å². The van der Waals surface area contributed by atoms with E-state index in [9.17, 15) is 24.3 Å². The van der Waals surface area contributed by atoms with Gasteiger partial charge in [-0.25, -0.2) is 19.6 Å². The van der Waals surface area contributed by atoms with Crippen molar-refractivity contribution in [3.63, 3.8) is 0 Å². The van der Waals surface area contributed by atoms with Crippen LogP contribution in [0.2, 0.25) is 0 Å². The Hall–Kier alpha value is -4.28. The summed E-state index contributed by atoms with van der Waals surface area (Å²) in [6.07, 6.45) is 1.14. The number of rotatable bonds is 6. The molecule has 2 aromatic heterocycles. The highest BCUT2D eigenvalue weighted by Crippen LogP contribution is 2.16. The van der Waals surface area contributed by atoms with Gasteiger partial charge in [0.05, 0.1) is 18.7 Å². The molecular formula is C19H17N5O6. The van der Waals surface area contributed by atoms with Gasteiger partial charge in [0.15, 0.2) is 0 Å². The van der Waals surface area contributed by atoms with E-state index in [1.54, 1.807) is 31.2 Å². The lowest BCUT2D eigenvalue weighted by molar-refractivity contribution is 0.0599. The van der Waals surface area contributed by atoms with Crippen LogP contribution in [0.1, 0.15) is 60.4 Å². The Labute approximate surface area is 169 Å². The van der Waals surface area contributed by atoms with Crippen LogP contribution in [0.15, 0.2) is 36.5 Å². The molecule has 11 nitrogen and oxygen atoms in total. The van der Waals surface area contributed by atoms with Gasteiger partial charge in [0.2, 0.25) is 5.78 Å². The highest BCUT2D eigenvalue weighted by Gasteiger charge is 2.20. The molecule has 1 aromatic carbocycles. The third-order valence-electron chi connectivity index (χ3n) is 4.32. The number of hydrogen-bond acceptors (Lipinski definition) is 7. The number of imidazole rings is 1. The third-order valence-corrected chi connectivity index (χ3v) is 4.32. The van der Waals surface area contributed by atoms with Crippen LogP contribution in [0.25, 0.3) is 5.78 Å². The number of aromatic carboxylic acids is 1. The Morgan fingerprint density at radius 2 is 1.77 bits per heavy atom. The number of methoxy groups -OCH3 is 1. The zero-order valence-corrected chi connectivity index (χ0v) is 15.9. The smallest absolute Gasteiger partial charge is 0.353 e. The molecule has 0 unspecified atom stereocenters. The number of nitrogens with zero attached hydrogens (tertiary/aromatic N) is 3. The van der Waals surface area contributed by atoms with Crippen molar-refractivity contribution in [2.75, 3.05) is 7.11 Å². The number of hydrogen-bond donors (Lipinski definition) is 3. The standard InChI is InChI=1S/C19H17N5O6/c1-9(10-3-5-11(6-4-10)18(29)30-2)21-16(26)12-7-14(17(27)28)24-8-13(15(20)25)23-19(24)22-12/h3-9H,1-2H3,(H2,20,25)(H,21,26)(H,27,28)/t9-/m0/s1. The average Bonchev–Trinajstić information content (AvgIpc) is 3.16. The van der Waals surface area contributed by atoms with Crippen molar-refractivity contribution < 1.29 is 29.0 Å². The van der Waals surface area contributed by atoms with Crippen molar-refractivity contribution in [1.82, 2.24) is 19.7 Å². The minimum absolute atomic E-state index is 0.149. The number of nitrogens with one attached hydrogen (secondary N) is 1. The van der Waals surface area contributed by atoms with Crippen molar-refractivity contribution >= 4 is 29.5 Å². The van der Waals surface area contributed by atoms with Crippen LogP contribution in [0.3, 0.4) is 0 Å². The monoisotopic (exact) mass is 411 g/mol. The molecule has 0 aliphatic rings. The minimum atomic E-state index is -1.34. The average molecular weight is 411 g/mol. The quantitative estimate of drug-likeness (QED) is 0.501. The largest absolute Gasteiger partial charge is 0.477 e. The molecule has 0 saturated carbocycles. The van der Waals surface area contributed by atoms with E-state index < -0.39 is 29.8 Å². The zero-order valence-electron chi connectivity index (χ0n) is 15.9. The summed E-state index contributed by atoms with van der Waals surface area (Å²) in [6.45, 7) is 1.71. The van der Waals surface area contributed by atoms with Gasteiger partial charge in [0, 0.05) is 12.3 Å². The number of carboxylic acid groups (broad SMARTS) is 1. The summed E-state index contributed by atoms with van der Waals surface area (Å²) in [5.41, 5.74) is 5.56. The molecule has 0 radical (unpaired) electrons. The van der Waals surface area contributed by atoms with Crippen molar-refractivity contribution in [1.29, 1.82) is 0 Å². The first-order valence-electron chi connectivity index (χ1n) is 8.63. The van der Waals surface area contributed by atoms with E-state index >= 15 is 0 Å². The Kier molecular flexibility index (Phi) is 5.45. The Morgan fingerprint density at radius 3 is 2.33 bits per heavy atom. The number of esters is 1. The lowest BCUT2D eigenvalue weighted by Crippen LogP contribution is -2.28. The Bertz CT molecular complexity index is 1170. The fourth-order valence-electron chi connectivity index (χ4n) is 2.75. The van der Waals surface area contributed by atoms with Crippen LogP contribution < -0.4 is 11.1 Å². The first-order valence-corrected chi connectivity index (χ1v) is 8.63. The molecule has 0 bridgehead atoms. The predicted molar refractivity (Wildman–Crippen MR) is 102 cm³/mol. The second-order valence-electron chi connectivity index (χ2n) is 6.30. The summed E-state index contributed by atoms with van der Waals surface area (Å²) in [4.78, 5) is 54.9. The van der Waals surface area contributed by atoms with E-state index in [-0.39, 0.29) is 22.9 Å². The van der Waals surface area contributed by atoms with Crippen LogP contribution in [-0.4, -0.2) is 50.3 Å². The first-order chi connectivity index (χ1) is 14.2. The van der Waals surface area contributed by atoms with E-state index in [1.807, 2.05) is 0 Å². The van der Waals surface area contributed by atoms with Crippen molar-refractivity contribution in [2.45, 2.75) is 13.0 Å². The van der Waals surface area contributed by atoms with Crippen molar-refractivity contribution in [2.24, 2.45) is 5.73 Å². The van der Waals surface area contributed by atoms with E-state index in [2.05, 4.69) is 20.0 Å². The lowest BCUT2D eigenvalue weighted by Gasteiger charge is -2.15. The fraction of sp³-hybridized carbons (Fsp3) is 0.158. The molecule has 1 atom stereocenters. The van der Waals surface area contributed by atoms with Crippen LogP contribution in [0.4, 0.5) is 0 Å². The van der Waals surface area contributed by atoms with E-state index in [4.69, 9.17) is 5.73 Å². The number of primary amides is 1. The molecule has 3 aromatic rings. The maximum absolute atomic E-state index is 12.6. The summed E-state index contributed by atoms with van der Waals surface area (Å²) >= 11 is 0. The number of ether oxygens (including phenoxy) is 1. The fourth-order valence-corrected chi connectivity index (χ4v) is 2.75. The molecule has 3 rings (SSSR count). The topological polar surface area (TPSA) is 166 Å². The normalized spacial score (nSPS) is 11.7. The number of carbonyl (C=O) groups is 4. The number of benzene rings is 1. The van der Waals surface area contributed by atoms with Crippen LogP contribution in [0.5, 0.6) is 0 Å². The van der Waals surface area contributed by atoms with Crippen molar-refractivity contribution in [3.8, 4) is 0 Å². The molecule has 30 heavy (non-hydrogen) atoms. The van der Waals surface area contributed by atoms with E-state index in [0.29, 0.717) is 11.1 Å². The van der Waals surface area contributed by atoms with Gasteiger partial charge < -0.3 is 20.9 Å². The molecule has 0 aliphatic carbocycles. The number of carboxylic acids is 1. The Morgan fingerprint density at radius 1 is 1.13 bits per heavy atom. The maximum atomic E-state index is 12.6. The summed E-state index contributed by atoms with van der Waals surface area (Å²) in [5.74, 6) is -3.47. The number of aromatic nitrogens is 3. The first kappa shape index (κ1) is 20.5. The molecule has 0 spiro atoms. The number of amides is 2. The van der Waals surface area contributed by atoms with Gasteiger partial charge in [-0.1, -0.05) is 12.1 Å². The summed E-state index contributed by atoms with van der Waals surface area (Å²) in [5, 5.41) is 12.1. The van der Waals surface area contributed by atoms with Gasteiger partial charge in [-0.05, 0) is 24.6 Å². The number of nitrogens with two attached hydrogens (primary N) is 1. The summed E-state index contributed by atoms with van der Waals surface area (Å²) in [7, 11) is 1.28. The molecule has 4 N–H and O–H groups in total. The van der Waals surface area contributed by atoms with Gasteiger partial charge >= 0.3 is 11.9 Å². The van der Waals surface area contributed by atoms with Gasteiger partial charge in [-0.2, -0.15) is 0 Å². The number of carbonyl (C=O) groups excluding carboxylic acids is 3. The molecule has 11 heteroatoms. The molecule has 2 heterocycles. The van der Waals surface area contributed by atoms with E-state index in [0.717, 1.165) is 16.7 Å². The van der Waals surface area contributed by atoms with Gasteiger partial charge in [0.25, 0.3) is 11.8 Å². The highest BCUT2D eigenvalue weighted by atomic mass is 16.5. The molecule has 0 fully saturated rings. The minimum Gasteiger partial charge on any atom is -0.477 e. The zero-order chi connectivity index (χ0) is 22.0. The number of fused-ring (bicyclic) bond motifs is 1. The SMILES string of the molecule is COC(=O)c1ccc([C@H](C)NC(=O)c2cc(C(=O)O)n3cc(C(N)=O)nc3n2)cc1. The second kappa shape index (κ2) is 7.99. The van der Waals surface area contributed by atoms with Gasteiger partial charge in [0.1, 0.15) is 17.1 Å². The third kappa shape index (κ3) is 3.94. The van der Waals surface area contributed by atoms with Crippen LogP contribution in [0, 0.1) is 0 Å². The molecule has 2 amide bonds. The predicted octanol–water partition coefficient (Wildman–Crippen LogP) is 0.804. The maximum Gasteiger partial charge on any atom is 0.353 e. The van der Waals surface area contributed by atoms with Gasteiger partial charge in [-0.15, -0.1) is 0 Å². The van der Waals surface area contributed by atoms with Crippen molar-refractivity contribution in [3.05, 3.63) is 64.7 Å². The molecule has 154 valence electrons. The van der Waals surface area contributed by atoms with Crippen LogP contribution in [-0.2, 0) is 4.74 Å². The molecular weight excluding hydrogens is 394 g/mol. The molecule has 0 aliphatic heterocycles. The Balaban J connectivity index is 1.88. The molecule has 0 saturated heterocycles. The highest BCUT2D eigenvalue weighted by molar-refractivity contribution is 5.97. The second-order valence-corrected chi connectivity index (χ2v) is 6.30. The summed E-state index contributed by atoms with van der Waals surface area (Å²) < 4.78 is 5.70. The van der Waals surface area contributed by atoms with Gasteiger partial charge in [-0.3, -0.25) is 14.0 Å². The lowest BCUT2D eigenvalue weighted by atomic mass is 10.1.